The lowest BCUT2D eigenvalue weighted by Gasteiger charge is -2.07. The number of carbonyl (C=O) groups is 2. The summed E-state index contributed by atoms with van der Waals surface area (Å²) in [6.45, 7) is 0. The molecule has 0 radical (unpaired) electrons. The van der Waals surface area contributed by atoms with Crippen LogP contribution in [0.15, 0.2) is 18.2 Å². The van der Waals surface area contributed by atoms with Gasteiger partial charge in [-0.15, -0.1) is 0 Å². The number of alkyl halides is 3. The highest BCUT2D eigenvalue weighted by Crippen LogP contribution is 2.30. The van der Waals surface area contributed by atoms with Gasteiger partial charge in [-0.05, 0) is 18.2 Å². The average molecular weight is 240 g/mol. The van der Waals surface area contributed by atoms with E-state index in [1.165, 1.54) is 6.07 Å². The van der Waals surface area contributed by atoms with Gasteiger partial charge < -0.3 is 4.79 Å². The minimum atomic E-state index is -4.53. The van der Waals surface area contributed by atoms with Crippen LogP contribution in [-0.2, 0) is 11.0 Å². The van der Waals surface area contributed by atoms with Crippen molar-refractivity contribution in [2.75, 3.05) is 0 Å². The zero-order valence-corrected chi connectivity index (χ0v) is 8.54. The maximum atomic E-state index is 12.5. The monoisotopic (exact) mass is 240 g/mol. The second-order valence-corrected chi connectivity index (χ2v) is 3.13. The molecular weight excluding hydrogens is 233 g/mol. The Bertz CT molecular complexity index is 493. The van der Waals surface area contributed by atoms with Crippen LogP contribution in [0.3, 0.4) is 0 Å². The topological polar surface area (TPSA) is 34.1 Å². The van der Waals surface area contributed by atoms with Crippen molar-refractivity contribution in [3.63, 3.8) is 0 Å². The van der Waals surface area contributed by atoms with Crippen molar-refractivity contribution in [3.05, 3.63) is 34.9 Å². The van der Waals surface area contributed by atoms with E-state index in [9.17, 15) is 22.8 Å². The summed E-state index contributed by atoms with van der Waals surface area (Å²) in [7, 11) is 0. The molecule has 0 aliphatic rings. The van der Waals surface area contributed by atoms with Crippen molar-refractivity contribution in [1.82, 2.24) is 0 Å². The molecule has 0 atom stereocenters. The van der Waals surface area contributed by atoms with Gasteiger partial charge in [0.2, 0.25) is 0 Å². The zero-order chi connectivity index (χ0) is 12.9. The van der Waals surface area contributed by atoms with E-state index in [4.69, 9.17) is 0 Å². The first kappa shape index (κ1) is 13.0. The van der Waals surface area contributed by atoms with Crippen molar-refractivity contribution >= 4 is 12.6 Å². The summed E-state index contributed by atoms with van der Waals surface area (Å²) in [5.41, 5.74) is -0.975. The summed E-state index contributed by atoms with van der Waals surface area (Å²) < 4.78 is 37.4. The number of rotatable bonds is 2. The lowest BCUT2D eigenvalue weighted by atomic mass is 10.1. The van der Waals surface area contributed by atoms with Gasteiger partial charge in [-0.2, -0.15) is 13.2 Å². The number of hydrogen-bond donors (Lipinski definition) is 0. The average Bonchev–Trinajstić information content (AvgIpc) is 2.28. The molecule has 0 bridgehead atoms. The summed E-state index contributed by atoms with van der Waals surface area (Å²) in [6, 6.07) is 2.82. The first-order valence-corrected chi connectivity index (χ1v) is 4.57. The number of aldehydes is 2. The van der Waals surface area contributed by atoms with E-state index in [0.29, 0.717) is 12.6 Å². The first-order valence-electron chi connectivity index (χ1n) is 4.57. The largest absolute Gasteiger partial charge is 0.416 e. The molecule has 17 heavy (non-hydrogen) atoms. The molecule has 0 fully saturated rings. The molecule has 0 aliphatic heterocycles. The molecule has 2 nitrogen and oxygen atoms in total. The molecule has 0 N–H and O–H groups in total. The minimum absolute atomic E-state index is 0.0591. The van der Waals surface area contributed by atoms with Gasteiger partial charge in [0.25, 0.3) is 0 Å². The fourth-order valence-corrected chi connectivity index (χ4v) is 1.15. The van der Waals surface area contributed by atoms with Crippen LogP contribution in [-0.4, -0.2) is 12.6 Å². The third kappa shape index (κ3) is 3.76. The second kappa shape index (κ2) is 5.30. The molecule has 1 aromatic rings. The van der Waals surface area contributed by atoms with E-state index >= 15 is 0 Å². The predicted molar refractivity (Wildman–Crippen MR) is 54.4 cm³/mol. The summed E-state index contributed by atoms with van der Waals surface area (Å²) in [6.07, 6.45) is -3.73. The quantitative estimate of drug-likeness (QED) is 0.587. The second-order valence-electron chi connectivity index (χ2n) is 3.13. The van der Waals surface area contributed by atoms with E-state index in [2.05, 4.69) is 11.8 Å². The summed E-state index contributed by atoms with van der Waals surface area (Å²) in [5.74, 6) is 4.77. The standard InChI is InChI=1S/C12H7F3O2/c13-12(14,15)11-6-9(3-1-2-4-16)5-10(7-11)8-17/h4-8H,2H2. The first-order chi connectivity index (χ1) is 7.97. The summed E-state index contributed by atoms with van der Waals surface area (Å²) in [5, 5.41) is 0. The SMILES string of the molecule is O=CCC#Cc1cc(C=O)cc(C(F)(F)F)c1. The molecule has 0 heterocycles. The predicted octanol–water partition coefficient (Wildman–Crippen LogP) is 2.46. The van der Waals surface area contributed by atoms with Gasteiger partial charge in [-0.25, -0.2) is 0 Å². The molecule has 0 aromatic heterocycles. The highest BCUT2D eigenvalue weighted by atomic mass is 19.4. The molecule has 5 heteroatoms. The number of benzene rings is 1. The lowest BCUT2D eigenvalue weighted by molar-refractivity contribution is -0.137. The van der Waals surface area contributed by atoms with Crippen molar-refractivity contribution in [2.45, 2.75) is 12.6 Å². The van der Waals surface area contributed by atoms with E-state index in [0.717, 1.165) is 12.1 Å². The molecular formula is C12H7F3O2. The molecule has 1 rings (SSSR count). The van der Waals surface area contributed by atoms with Gasteiger partial charge in [-0.1, -0.05) is 11.8 Å². The maximum Gasteiger partial charge on any atom is 0.416 e. The van der Waals surface area contributed by atoms with Crippen LogP contribution in [0.4, 0.5) is 13.2 Å². The Labute approximate surface area is 95.4 Å². The van der Waals surface area contributed by atoms with Crippen LogP contribution in [0.2, 0.25) is 0 Å². The molecule has 1 aromatic carbocycles. The molecule has 0 spiro atoms. The van der Waals surface area contributed by atoms with Crippen LogP contribution in [0.1, 0.15) is 27.9 Å². The third-order valence-corrected chi connectivity index (χ3v) is 1.84. The van der Waals surface area contributed by atoms with Gasteiger partial charge in [0.15, 0.2) is 0 Å². The minimum Gasteiger partial charge on any atom is -0.302 e. The molecule has 0 unspecified atom stereocenters. The van der Waals surface area contributed by atoms with Crippen LogP contribution >= 0.6 is 0 Å². The molecule has 0 aliphatic carbocycles. The smallest absolute Gasteiger partial charge is 0.302 e. The van der Waals surface area contributed by atoms with Gasteiger partial charge >= 0.3 is 6.18 Å². The Morgan fingerprint density at radius 3 is 2.41 bits per heavy atom. The zero-order valence-electron chi connectivity index (χ0n) is 8.54. The highest BCUT2D eigenvalue weighted by Gasteiger charge is 2.31. The van der Waals surface area contributed by atoms with Gasteiger partial charge in [-0.3, -0.25) is 4.79 Å². The summed E-state index contributed by atoms with van der Waals surface area (Å²) >= 11 is 0. The van der Waals surface area contributed by atoms with Gasteiger partial charge in [0.05, 0.1) is 12.0 Å². The van der Waals surface area contributed by atoms with E-state index in [-0.39, 0.29) is 17.5 Å². The highest BCUT2D eigenvalue weighted by molar-refractivity contribution is 5.76. The van der Waals surface area contributed by atoms with E-state index in [1.807, 2.05) is 0 Å². The summed E-state index contributed by atoms with van der Waals surface area (Å²) in [4.78, 5) is 20.5. The number of carbonyl (C=O) groups excluding carboxylic acids is 2. The lowest BCUT2D eigenvalue weighted by Crippen LogP contribution is -2.06. The normalized spacial score (nSPS) is 10.3. The Morgan fingerprint density at radius 1 is 1.18 bits per heavy atom. The fraction of sp³-hybridized carbons (Fsp3) is 0.167. The maximum absolute atomic E-state index is 12.5. The van der Waals surface area contributed by atoms with Crippen LogP contribution < -0.4 is 0 Å². The molecule has 0 saturated heterocycles. The number of hydrogen-bond acceptors (Lipinski definition) is 2. The Morgan fingerprint density at radius 2 is 1.88 bits per heavy atom. The number of halogens is 3. The Hall–Kier alpha value is -2.09. The third-order valence-electron chi connectivity index (χ3n) is 1.84. The fourth-order valence-electron chi connectivity index (χ4n) is 1.15. The van der Waals surface area contributed by atoms with Crippen LogP contribution in [0.5, 0.6) is 0 Å². The van der Waals surface area contributed by atoms with Crippen molar-refractivity contribution in [3.8, 4) is 11.8 Å². The molecule has 0 saturated carbocycles. The van der Waals surface area contributed by atoms with Crippen LogP contribution in [0, 0.1) is 11.8 Å². The van der Waals surface area contributed by atoms with Crippen LogP contribution in [0.25, 0.3) is 0 Å². The molecule has 88 valence electrons. The molecule has 0 amide bonds. The van der Waals surface area contributed by atoms with E-state index in [1.54, 1.807) is 0 Å². The van der Waals surface area contributed by atoms with Gasteiger partial charge in [0.1, 0.15) is 12.6 Å². The Balaban J connectivity index is 3.20. The van der Waals surface area contributed by atoms with Crippen molar-refractivity contribution in [2.24, 2.45) is 0 Å². The van der Waals surface area contributed by atoms with Gasteiger partial charge in [0, 0.05) is 11.1 Å². The van der Waals surface area contributed by atoms with Crippen molar-refractivity contribution in [1.29, 1.82) is 0 Å². The van der Waals surface area contributed by atoms with Crippen molar-refractivity contribution < 1.29 is 22.8 Å². The van der Waals surface area contributed by atoms with E-state index < -0.39 is 11.7 Å². The Kier molecular flexibility index (Phi) is 4.05.